The molecule has 1 atom stereocenters. The van der Waals surface area contributed by atoms with E-state index in [4.69, 9.17) is 14.2 Å². The van der Waals surface area contributed by atoms with E-state index in [-0.39, 0.29) is 24.7 Å². The van der Waals surface area contributed by atoms with E-state index in [1.807, 2.05) is 0 Å². The van der Waals surface area contributed by atoms with Crippen molar-refractivity contribution in [3.8, 4) is 17.2 Å². The topological polar surface area (TPSA) is 177 Å². The van der Waals surface area contributed by atoms with E-state index in [1.165, 1.54) is 49.8 Å². The summed E-state index contributed by atoms with van der Waals surface area (Å²) in [6.07, 6.45) is 3.58. The zero-order valence-corrected chi connectivity index (χ0v) is 28.4. The molecule has 2 N–H and O–H groups in total. The summed E-state index contributed by atoms with van der Waals surface area (Å²) in [6, 6.07) is 10.6. The summed E-state index contributed by atoms with van der Waals surface area (Å²) in [7, 11) is 2.97. The van der Waals surface area contributed by atoms with Crippen molar-refractivity contribution in [1.29, 1.82) is 0 Å². The molecule has 2 amide bonds. The number of fused-ring (bicyclic) bond motifs is 1. The van der Waals surface area contributed by atoms with Crippen molar-refractivity contribution in [2.45, 2.75) is 56.5 Å². The standard InChI is InChI=1S/C32H34N6O8S2/c1-5-46-31(41)27-24-8-6-7-9-25(24)48-30(27)34-28(39)18(2)47-32-36-35-26(37(32)20-10-12-21(13-11-20)38(42)43)17-33-29(40)19-14-22(44-3)16-23(15-19)45-4/h10-16,18H,5-9,17H2,1-4H3,(H,33,40)(H,34,39). The first kappa shape index (κ1) is 34.4. The second kappa shape index (κ2) is 15.3. The number of hydrogen-bond donors (Lipinski definition) is 2. The highest BCUT2D eigenvalue weighted by Crippen LogP contribution is 2.39. The fourth-order valence-corrected chi connectivity index (χ4v) is 7.34. The second-order valence-electron chi connectivity index (χ2n) is 10.7. The summed E-state index contributed by atoms with van der Waals surface area (Å²) in [6.45, 7) is 3.60. The first-order chi connectivity index (χ1) is 23.1. The van der Waals surface area contributed by atoms with Crippen LogP contribution in [0.2, 0.25) is 0 Å². The molecule has 16 heteroatoms. The number of thiophene rings is 1. The molecule has 1 unspecified atom stereocenters. The Labute approximate surface area is 284 Å². The Morgan fingerprint density at radius 1 is 1.06 bits per heavy atom. The van der Waals surface area contributed by atoms with Crippen LogP contribution in [0.3, 0.4) is 0 Å². The van der Waals surface area contributed by atoms with Crippen LogP contribution in [0.4, 0.5) is 10.7 Å². The number of nitro benzene ring substituents is 1. The Kier molecular flexibility index (Phi) is 11.0. The van der Waals surface area contributed by atoms with Crippen molar-refractivity contribution in [2.75, 3.05) is 26.1 Å². The number of esters is 1. The number of nitro groups is 1. The number of aromatic nitrogens is 3. The number of aryl methyl sites for hydroxylation is 1. The van der Waals surface area contributed by atoms with Crippen molar-refractivity contribution in [3.05, 3.63) is 80.0 Å². The molecule has 0 bridgehead atoms. The number of hydrogen-bond acceptors (Lipinski definition) is 12. The Hall–Kier alpha value is -4.96. The number of non-ortho nitro benzene ring substituents is 1. The number of ether oxygens (including phenoxy) is 3. The van der Waals surface area contributed by atoms with E-state index < -0.39 is 22.0 Å². The van der Waals surface area contributed by atoms with Gasteiger partial charge in [-0.3, -0.25) is 24.3 Å². The van der Waals surface area contributed by atoms with Gasteiger partial charge in [0, 0.05) is 34.3 Å². The van der Waals surface area contributed by atoms with Gasteiger partial charge in [0.15, 0.2) is 11.0 Å². The van der Waals surface area contributed by atoms with Crippen molar-refractivity contribution < 1.29 is 33.5 Å². The van der Waals surface area contributed by atoms with Gasteiger partial charge in [-0.25, -0.2) is 4.79 Å². The molecule has 1 aliphatic rings. The van der Waals surface area contributed by atoms with Crippen LogP contribution in [0.15, 0.2) is 47.6 Å². The minimum absolute atomic E-state index is 0.0624. The smallest absolute Gasteiger partial charge is 0.341 e. The molecule has 0 aliphatic heterocycles. The highest BCUT2D eigenvalue weighted by Gasteiger charge is 2.29. The van der Waals surface area contributed by atoms with Crippen LogP contribution in [-0.4, -0.2) is 63.5 Å². The maximum absolute atomic E-state index is 13.5. The van der Waals surface area contributed by atoms with Gasteiger partial charge >= 0.3 is 5.97 Å². The van der Waals surface area contributed by atoms with Gasteiger partial charge in [-0.05, 0) is 69.4 Å². The quantitative estimate of drug-likeness (QED) is 0.0797. The molecular formula is C32H34N6O8S2. The van der Waals surface area contributed by atoms with Gasteiger partial charge in [0.2, 0.25) is 5.91 Å². The lowest BCUT2D eigenvalue weighted by molar-refractivity contribution is -0.384. The predicted octanol–water partition coefficient (Wildman–Crippen LogP) is 5.36. The lowest BCUT2D eigenvalue weighted by atomic mass is 9.95. The highest BCUT2D eigenvalue weighted by atomic mass is 32.2. The largest absolute Gasteiger partial charge is 0.497 e. The minimum atomic E-state index is -0.702. The molecule has 48 heavy (non-hydrogen) atoms. The third-order valence-corrected chi connectivity index (χ3v) is 9.83. The number of methoxy groups -OCH3 is 2. The molecule has 0 radical (unpaired) electrons. The monoisotopic (exact) mass is 694 g/mol. The first-order valence-electron chi connectivity index (χ1n) is 15.1. The highest BCUT2D eigenvalue weighted by molar-refractivity contribution is 8.00. The normalized spacial score (nSPS) is 12.8. The summed E-state index contributed by atoms with van der Waals surface area (Å²) >= 11 is 2.51. The van der Waals surface area contributed by atoms with Crippen molar-refractivity contribution in [2.24, 2.45) is 0 Å². The SMILES string of the molecule is CCOC(=O)c1c(NC(=O)C(C)Sc2nnc(CNC(=O)c3cc(OC)cc(OC)c3)n2-c2ccc([N+](=O)[O-])cc2)sc2c1CCCC2. The van der Waals surface area contributed by atoms with E-state index in [0.717, 1.165) is 47.9 Å². The molecule has 14 nitrogen and oxygen atoms in total. The van der Waals surface area contributed by atoms with Gasteiger partial charge in [-0.1, -0.05) is 11.8 Å². The van der Waals surface area contributed by atoms with Gasteiger partial charge < -0.3 is 24.8 Å². The van der Waals surface area contributed by atoms with Gasteiger partial charge in [0.1, 0.15) is 16.5 Å². The fraction of sp³-hybridized carbons (Fsp3) is 0.344. The zero-order chi connectivity index (χ0) is 34.4. The summed E-state index contributed by atoms with van der Waals surface area (Å²) in [5.41, 5.74) is 2.04. The zero-order valence-electron chi connectivity index (χ0n) is 26.7. The Balaban J connectivity index is 1.39. The molecule has 0 saturated heterocycles. The van der Waals surface area contributed by atoms with Gasteiger partial charge in [-0.15, -0.1) is 21.5 Å². The maximum atomic E-state index is 13.5. The Bertz CT molecular complexity index is 1820. The lowest BCUT2D eigenvalue weighted by Gasteiger charge is -2.15. The minimum Gasteiger partial charge on any atom is -0.497 e. The molecule has 0 fully saturated rings. The summed E-state index contributed by atoms with van der Waals surface area (Å²) in [5, 5.41) is 25.7. The average molecular weight is 695 g/mol. The summed E-state index contributed by atoms with van der Waals surface area (Å²) in [5.74, 6) is -0.0388. The van der Waals surface area contributed by atoms with Crippen molar-refractivity contribution >= 4 is 51.6 Å². The van der Waals surface area contributed by atoms with Crippen LogP contribution >= 0.6 is 23.1 Å². The number of carbonyl (C=O) groups excluding carboxylic acids is 3. The van der Waals surface area contributed by atoms with Crippen LogP contribution in [0.1, 0.15) is 63.7 Å². The molecule has 2 heterocycles. The number of carbonyl (C=O) groups is 3. The Morgan fingerprint density at radius 2 is 1.75 bits per heavy atom. The maximum Gasteiger partial charge on any atom is 0.341 e. The van der Waals surface area contributed by atoms with Crippen LogP contribution in [0, 0.1) is 10.1 Å². The molecule has 2 aromatic heterocycles. The number of benzene rings is 2. The van der Waals surface area contributed by atoms with Gasteiger partial charge in [0.05, 0.1) is 43.1 Å². The second-order valence-corrected chi connectivity index (χ2v) is 13.1. The molecule has 4 aromatic rings. The van der Waals surface area contributed by atoms with Crippen LogP contribution < -0.4 is 20.1 Å². The predicted molar refractivity (Wildman–Crippen MR) is 180 cm³/mol. The number of anilines is 1. The van der Waals surface area contributed by atoms with Crippen LogP contribution in [-0.2, 0) is 28.9 Å². The van der Waals surface area contributed by atoms with E-state index >= 15 is 0 Å². The van der Waals surface area contributed by atoms with E-state index in [9.17, 15) is 24.5 Å². The van der Waals surface area contributed by atoms with Crippen molar-refractivity contribution in [1.82, 2.24) is 20.1 Å². The van der Waals surface area contributed by atoms with Gasteiger partial charge in [0.25, 0.3) is 11.6 Å². The number of rotatable bonds is 13. The fourth-order valence-electron chi connectivity index (χ4n) is 5.17. The molecule has 2 aromatic carbocycles. The van der Waals surface area contributed by atoms with E-state index in [0.29, 0.717) is 44.3 Å². The summed E-state index contributed by atoms with van der Waals surface area (Å²) < 4.78 is 17.5. The number of thioether (sulfide) groups is 1. The molecule has 1 aliphatic carbocycles. The third-order valence-electron chi connectivity index (χ3n) is 7.58. The van der Waals surface area contributed by atoms with Crippen LogP contribution in [0.25, 0.3) is 5.69 Å². The molecular weight excluding hydrogens is 661 g/mol. The lowest BCUT2D eigenvalue weighted by Crippen LogP contribution is -2.25. The number of amides is 2. The van der Waals surface area contributed by atoms with Gasteiger partial charge in [-0.2, -0.15) is 0 Å². The average Bonchev–Trinajstić information content (AvgIpc) is 3.67. The molecule has 0 spiro atoms. The van der Waals surface area contributed by atoms with Crippen LogP contribution in [0.5, 0.6) is 11.5 Å². The first-order valence-corrected chi connectivity index (χ1v) is 16.8. The van der Waals surface area contributed by atoms with E-state index in [1.54, 1.807) is 36.6 Å². The summed E-state index contributed by atoms with van der Waals surface area (Å²) in [4.78, 5) is 51.4. The number of nitrogens with one attached hydrogen (secondary N) is 2. The van der Waals surface area contributed by atoms with Crippen molar-refractivity contribution in [3.63, 3.8) is 0 Å². The molecule has 0 saturated carbocycles. The van der Waals surface area contributed by atoms with E-state index in [2.05, 4.69) is 20.8 Å². The molecule has 5 rings (SSSR count). The molecule has 252 valence electrons. The third kappa shape index (κ3) is 7.60. The number of nitrogens with zero attached hydrogens (tertiary/aromatic N) is 4. The Morgan fingerprint density at radius 3 is 2.40 bits per heavy atom.